The van der Waals surface area contributed by atoms with Crippen LogP contribution in [0.2, 0.25) is 5.02 Å². The highest BCUT2D eigenvalue weighted by Gasteiger charge is 2.28. The van der Waals surface area contributed by atoms with E-state index in [0.717, 1.165) is 27.7 Å². The van der Waals surface area contributed by atoms with Crippen molar-refractivity contribution in [2.75, 3.05) is 5.32 Å². The van der Waals surface area contributed by atoms with Crippen molar-refractivity contribution in [2.45, 2.75) is 13.3 Å². The number of rotatable bonds is 2. The Morgan fingerprint density at radius 3 is 2.62 bits per heavy atom. The average molecular weight is 364 g/mol. The molecule has 0 saturated heterocycles. The molecule has 1 aliphatic rings. The molecule has 106 valence electrons. The number of carbonyl (C=O) groups excluding carboxylic acids is 1. The van der Waals surface area contributed by atoms with Gasteiger partial charge in [-0.15, -0.1) is 0 Å². The van der Waals surface area contributed by atoms with Gasteiger partial charge in [0, 0.05) is 15.1 Å². The summed E-state index contributed by atoms with van der Waals surface area (Å²) in [5.41, 5.74) is 3.92. The number of fused-ring (bicyclic) bond motifs is 1. The quantitative estimate of drug-likeness (QED) is 0.823. The summed E-state index contributed by atoms with van der Waals surface area (Å²) in [6.07, 6.45) is 0.844. The normalized spacial score (nSPS) is 15.2. The summed E-state index contributed by atoms with van der Waals surface area (Å²) in [6.45, 7) is 2.06. The van der Waals surface area contributed by atoms with Crippen LogP contribution in [0.1, 0.15) is 18.1 Å². The van der Waals surface area contributed by atoms with E-state index in [0.29, 0.717) is 16.4 Å². The fraction of sp³-hybridized carbons (Fsp3) is 0.125. The molecule has 0 bridgehead atoms. The van der Waals surface area contributed by atoms with Crippen LogP contribution in [0.4, 0.5) is 11.4 Å². The Hall–Kier alpha value is -1.65. The van der Waals surface area contributed by atoms with E-state index in [1.165, 1.54) is 0 Å². The fourth-order valence-corrected chi connectivity index (χ4v) is 2.96. The van der Waals surface area contributed by atoms with Crippen LogP contribution in [0.3, 0.4) is 0 Å². The van der Waals surface area contributed by atoms with Crippen molar-refractivity contribution in [2.24, 2.45) is 4.99 Å². The zero-order valence-corrected chi connectivity index (χ0v) is 13.6. The van der Waals surface area contributed by atoms with Gasteiger partial charge in [0.25, 0.3) is 5.91 Å². The van der Waals surface area contributed by atoms with Crippen molar-refractivity contribution in [3.63, 3.8) is 0 Å². The van der Waals surface area contributed by atoms with Gasteiger partial charge in [-0.2, -0.15) is 0 Å². The minimum Gasteiger partial charge on any atom is -0.320 e. The van der Waals surface area contributed by atoms with Gasteiger partial charge in [-0.25, -0.2) is 4.99 Å². The van der Waals surface area contributed by atoms with Gasteiger partial charge < -0.3 is 5.32 Å². The number of benzene rings is 2. The Morgan fingerprint density at radius 1 is 1.24 bits per heavy atom. The molecule has 5 heteroatoms. The van der Waals surface area contributed by atoms with Crippen LogP contribution in [0.5, 0.6) is 0 Å². The van der Waals surface area contributed by atoms with Crippen molar-refractivity contribution in [1.82, 2.24) is 0 Å². The number of halogens is 2. The lowest BCUT2D eigenvalue weighted by Gasteiger charge is -2.06. The van der Waals surface area contributed by atoms with Crippen molar-refractivity contribution in [3.05, 3.63) is 57.0 Å². The Bertz CT molecular complexity index is 754. The Morgan fingerprint density at radius 2 is 1.95 bits per heavy atom. The maximum Gasteiger partial charge on any atom is 0.275 e. The van der Waals surface area contributed by atoms with Gasteiger partial charge in [0.1, 0.15) is 5.71 Å². The van der Waals surface area contributed by atoms with Gasteiger partial charge in [-0.3, -0.25) is 4.79 Å². The highest BCUT2D eigenvalue weighted by Crippen LogP contribution is 2.33. The van der Waals surface area contributed by atoms with E-state index < -0.39 is 0 Å². The van der Waals surface area contributed by atoms with E-state index in [4.69, 9.17) is 11.6 Å². The molecule has 0 aliphatic carbocycles. The molecule has 0 unspecified atom stereocenters. The summed E-state index contributed by atoms with van der Waals surface area (Å²) in [5, 5.41) is 3.55. The summed E-state index contributed by atoms with van der Waals surface area (Å²) in [7, 11) is 0. The van der Waals surface area contributed by atoms with Crippen LogP contribution in [0.15, 0.2) is 45.9 Å². The number of amides is 1. The molecular formula is C16H12BrClN2O. The maximum absolute atomic E-state index is 12.2. The number of hydrogen-bond donors (Lipinski definition) is 1. The number of aliphatic imine (C=N–C) groups is 1. The number of nitrogens with zero attached hydrogens (tertiary/aromatic N) is 1. The molecule has 1 heterocycles. The van der Waals surface area contributed by atoms with E-state index in [9.17, 15) is 4.79 Å². The van der Waals surface area contributed by atoms with E-state index in [1.807, 2.05) is 12.1 Å². The first-order chi connectivity index (χ1) is 10.1. The summed E-state index contributed by atoms with van der Waals surface area (Å²) in [5.74, 6) is -0.173. The molecule has 0 atom stereocenters. The zero-order chi connectivity index (χ0) is 15.0. The van der Waals surface area contributed by atoms with Crippen molar-refractivity contribution < 1.29 is 4.79 Å². The highest BCUT2D eigenvalue weighted by molar-refractivity contribution is 9.10. The first-order valence-corrected chi connectivity index (χ1v) is 7.74. The van der Waals surface area contributed by atoms with Gasteiger partial charge in [0.05, 0.1) is 11.4 Å². The van der Waals surface area contributed by atoms with Gasteiger partial charge >= 0.3 is 0 Å². The van der Waals surface area contributed by atoms with Gasteiger partial charge in [-0.1, -0.05) is 34.5 Å². The van der Waals surface area contributed by atoms with Gasteiger partial charge in [-0.05, 0) is 48.4 Å². The van der Waals surface area contributed by atoms with E-state index in [2.05, 4.69) is 33.2 Å². The first kappa shape index (κ1) is 14.3. The second kappa shape index (κ2) is 5.62. The largest absolute Gasteiger partial charge is 0.320 e. The number of hydrogen-bond acceptors (Lipinski definition) is 2. The molecule has 0 saturated carbocycles. The fourth-order valence-electron chi connectivity index (χ4n) is 2.33. The van der Waals surface area contributed by atoms with Crippen LogP contribution >= 0.6 is 27.5 Å². The highest BCUT2D eigenvalue weighted by atomic mass is 79.9. The number of nitrogens with one attached hydrogen (secondary N) is 1. The predicted molar refractivity (Wildman–Crippen MR) is 89.8 cm³/mol. The lowest BCUT2D eigenvalue weighted by molar-refractivity contribution is -0.110. The molecule has 1 N–H and O–H groups in total. The molecular weight excluding hydrogens is 352 g/mol. The number of carbonyl (C=O) groups is 1. The van der Waals surface area contributed by atoms with Crippen LogP contribution in [-0.4, -0.2) is 11.6 Å². The third-order valence-corrected chi connectivity index (χ3v) is 4.05. The molecule has 3 rings (SSSR count). The summed E-state index contributed by atoms with van der Waals surface area (Å²) >= 11 is 9.35. The minimum absolute atomic E-state index is 0.173. The van der Waals surface area contributed by atoms with Crippen LogP contribution in [-0.2, 0) is 11.2 Å². The third kappa shape index (κ3) is 2.74. The molecule has 21 heavy (non-hydrogen) atoms. The topological polar surface area (TPSA) is 41.5 Å². The van der Waals surface area contributed by atoms with Crippen molar-refractivity contribution >= 4 is 50.5 Å². The molecule has 3 nitrogen and oxygen atoms in total. The van der Waals surface area contributed by atoms with Crippen molar-refractivity contribution in [1.29, 1.82) is 0 Å². The lowest BCUT2D eigenvalue weighted by Crippen LogP contribution is -2.14. The van der Waals surface area contributed by atoms with E-state index >= 15 is 0 Å². The Labute approximate surface area is 136 Å². The average Bonchev–Trinajstić information content (AvgIpc) is 2.77. The Balaban J connectivity index is 2.12. The van der Waals surface area contributed by atoms with Gasteiger partial charge in [0.2, 0.25) is 0 Å². The molecule has 0 spiro atoms. The SMILES string of the molecule is CCc1cc(Br)cc2c1NC(=O)C2=Nc1ccc(Cl)cc1. The smallest absolute Gasteiger partial charge is 0.275 e. The molecule has 1 aliphatic heterocycles. The molecule has 2 aromatic carbocycles. The second-order valence-corrected chi connectivity index (χ2v) is 6.08. The van der Waals surface area contributed by atoms with E-state index in [1.54, 1.807) is 24.3 Å². The molecule has 0 aromatic heterocycles. The zero-order valence-electron chi connectivity index (χ0n) is 11.3. The first-order valence-electron chi connectivity index (χ1n) is 6.57. The van der Waals surface area contributed by atoms with Crippen LogP contribution in [0, 0.1) is 0 Å². The van der Waals surface area contributed by atoms with Crippen molar-refractivity contribution in [3.8, 4) is 0 Å². The summed E-state index contributed by atoms with van der Waals surface area (Å²) in [6, 6.07) is 11.0. The van der Waals surface area contributed by atoms with Gasteiger partial charge in [0.15, 0.2) is 0 Å². The number of anilines is 1. The minimum atomic E-state index is -0.173. The van der Waals surface area contributed by atoms with Crippen LogP contribution < -0.4 is 5.32 Å². The molecule has 0 fully saturated rings. The Kier molecular flexibility index (Phi) is 3.83. The predicted octanol–water partition coefficient (Wildman–Crippen LogP) is 4.74. The monoisotopic (exact) mass is 362 g/mol. The van der Waals surface area contributed by atoms with Crippen LogP contribution in [0.25, 0.3) is 0 Å². The third-order valence-electron chi connectivity index (χ3n) is 3.34. The molecule has 1 amide bonds. The molecule has 2 aromatic rings. The second-order valence-electron chi connectivity index (χ2n) is 4.73. The maximum atomic E-state index is 12.2. The van der Waals surface area contributed by atoms with E-state index in [-0.39, 0.29) is 5.91 Å². The standard InChI is InChI=1S/C16H12BrClN2O/c1-2-9-7-10(17)8-13-14(9)20-16(21)15(13)19-12-5-3-11(18)4-6-12/h3-8H,2H2,1H3,(H,19,20,21). The summed E-state index contributed by atoms with van der Waals surface area (Å²) < 4.78 is 0.943. The lowest BCUT2D eigenvalue weighted by atomic mass is 10.0. The molecule has 0 radical (unpaired) electrons. The summed E-state index contributed by atoms with van der Waals surface area (Å²) in [4.78, 5) is 16.7. The number of aryl methyl sites for hydroxylation is 1.